The van der Waals surface area contributed by atoms with Crippen molar-refractivity contribution in [3.8, 4) is 0 Å². The average molecular weight is 375 g/mol. The van der Waals surface area contributed by atoms with E-state index in [1.54, 1.807) is 12.1 Å². The highest BCUT2D eigenvalue weighted by Gasteiger charge is 2.32. The van der Waals surface area contributed by atoms with Crippen molar-refractivity contribution < 1.29 is 14.7 Å². The standard InChI is InChI=1S/C19H19ClN2O4/c20-15-6-2-1-5-13(15)11-21-12-14(8-9-17(21)23)18(24)22-10-4-3-7-16(22)19(25)26/h1-2,5-6,8-9,12,16H,3-4,7,10-11H2,(H,25,26)/t16-/m1/s1. The third kappa shape index (κ3) is 3.80. The van der Waals surface area contributed by atoms with Gasteiger partial charge in [-0.2, -0.15) is 0 Å². The van der Waals surface area contributed by atoms with Gasteiger partial charge in [-0.25, -0.2) is 4.79 Å². The molecule has 1 aromatic carbocycles. The molecule has 0 aliphatic carbocycles. The number of amides is 1. The van der Waals surface area contributed by atoms with Crippen molar-refractivity contribution >= 4 is 23.5 Å². The Labute approximate surface area is 155 Å². The van der Waals surface area contributed by atoms with Crippen LogP contribution in [0.2, 0.25) is 5.02 Å². The van der Waals surface area contributed by atoms with Crippen LogP contribution in [0.4, 0.5) is 0 Å². The Morgan fingerprint density at radius 1 is 1.15 bits per heavy atom. The first kappa shape index (κ1) is 18.2. The number of likely N-dealkylation sites (tertiary alicyclic amines) is 1. The summed E-state index contributed by atoms with van der Waals surface area (Å²) in [6.07, 6.45) is 3.48. The summed E-state index contributed by atoms with van der Waals surface area (Å²) in [5.41, 5.74) is 0.807. The molecule has 26 heavy (non-hydrogen) atoms. The quantitative estimate of drug-likeness (QED) is 0.892. The topological polar surface area (TPSA) is 79.6 Å². The number of nitrogens with zero attached hydrogens (tertiary/aromatic N) is 2. The van der Waals surface area contributed by atoms with Crippen LogP contribution < -0.4 is 5.56 Å². The summed E-state index contributed by atoms with van der Waals surface area (Å²) in [5.74, 6) is -1.37. The number of benzene rings is 1. The molecule has 1 aliphatic rings. The van der Waals surface area contributed by atoms with E-state index in [0.717, 1.165) is 18.4 Å². The zero-order chi connectivity index (χ0) is 18.7. The summed E-state index contributed by atoms with van der Waals surface area (Å²) in [4.78, 5) is 37.8. The summed E-state index contributed by atoms with van der Waals surface area (Å²) in [6, 6.07) is 9.13. The van der Waals surface area contributed by atoms with E-state index in [1.807, 2.05) is 12.1 Å². The van der Waals surface area contributed by atoms with Crippen molar-refractivity contribution in [1.82, 2.24) is 9.47 Å². The lowest BCUT2D eigenvalue weighted by atomic mass is 10.0. The number of rotatable bonds is 4. The predicted molar refractivity (Wildman–Crippen MR) is 97.6 cm³/mol. The number of hydrogen-bond acceptors (Lipinski definition) is 3. The largest absolute Gasteiger partial charge is 0.480 e. The number of carbonyl (C=O) groups excluding carboxylic acids is 1. The lowest BCUT2D eigenvalue weighted by molar-refractivity contribution is -0.143. The van der Waals surface area contributed by atoms with E-state index in [-0.39, 0.29) is 18.0 Å². The van der Waals surface area contributed by atoms with Crippen LogP contribution >= 0.6 is 11.6 Å². The first-order valence-electron chi connectivity index (χ1n) is 8.45. The molecule has 6 nitrogen and oxygen atoms in total. The minimum atomic E-state index is -0.998. The Morgan fingerprint density at radius 3 is 2.65 bits per heavy atom. The van der Waals surface area contributed by atoms with Crippen LogP contribution in [0.1, 0.15) is 35.2 Å². The Bertz CT molecular complexity index is 893. The van der Waals surface area contributed by atoms with Gasteiger partial charge in [0.2, 0.25) is 0 Å². The van der Waals surface area contributed by atoms with Crippen molar-refractivity contribution in [3.63, 3.8) is 0 Å². The highest BCUT2D eigenvalue weighted by Crippen LogP contribution is 2.20. The fourth-order valence-corrected chi connectivity index (χ4v) is 3.38. The first-order valence-corrected chi connectivity index (χ1v) is 8.83. The molecule has 0 saturated carbocycles. The Balaban J connectivity index is 1.89. The zero-order valence-electron chi connectivity index (χ0n) is 14.1. The SMILES string of the molecule is O=C(O)[C@H]1CCCCN1C(=O)c1ccc(=O)n(Cc2ccccc2Cl)c1. The van der Waals surface area contributed by atoms with Crippen LogP contribution in [0, 0.1) is 0 Å². The third-order valence-electron chi connectivity index (χ3n) is 4.58. The smallest absolute Gasteiger partial charge is 0.326 e. The van der Waals surface area contributed by atoms with Crippen LogP contribution in [-0.4, -0.2) is 39.0 Å². The molecular weight excluding hydrogens is 356 g/mol. The second-order valence-corrected chi connectivity index (χ2v) is 6.73. The molecule has 0 spiro atoms. The van der Waals surface area contributed by atoms with E-state index in [4.69, 9.17) is 11.6 Å². The second-order valence-electron chi connectivity index (χ2n) is 6.32. The molecule has 0 radical (unpaired) electrons. The van der Waals surface area contributed by atoms with Crippen LogP contribution in [0.3, 0.4) is 0 Å². The van der Waals surface area contributed by atoms with Crippen LogP contribution in [0.5, 0.6) is 0 Å². The molecular formula is C19H19ClN2O4. The van der Waals surface area contributed by atoms with Crippen LogP contribution in [-0.2, 0) is 11.3 Å². The van der Waals surface area contributed by atoms with Gasteiger partial charge in [-0.3, -0.25) is 9.59 Å². The second kappa shape index (κ2) is 7.74. The summed E-state index contributed by atoms with van der Waals surface area (Å²) in [6.45, 7) is 0.640. The van der Waals surface area contributed by atoms with E-state index >= 15 is 0 Å². The maximum absolute atomic E-state index is 12.8. The van der Waals surface area contributed by atoms with Crippen LogP contribution in [0.15, 0.2) is 47.4 Å². The average Bonchev–Trinajstić information content (AvgIpc) is 2.64. The van der Waals surface area contributed by atoms with Gasteiger partial charge in [0.05, 0.1) is 12.1 Å². The predicted octanol–water partition coefficient (Wildman–Crippen LogP) is 2.63. The van der Waals surface area contributed by atoms with E-state index in [1.165, 1.54) is 27.8 Å². The van der Waals surface area contributed by atoms with Crippen molar-refractivity contribution in [2.75, 3.05) is 6.54 Å². The maximum atomic E-state index is 12.8. The fourth-order valence-electron chi connectivity index (χ4n) is 3.19. The molecule has 7 heteroatoms. The van der Waals surface area contributed by atoms with Gasteiger partial charge < -0.3 is 14.6 Å². The van der Waals surface area contributed by atoms with Crippen molar-refractivity contribution in [2.24, 2.45) is 0 Å². The minimum absolute atomic E-state index is 0.238. The number of aromatic nitrogens is 1. The molecule has 1 aromatic heterocycles. The lowest BCUT2D eigenvalue weighted by Crippen LogP contribution is -2.48. The molecule has 1 fully saturated rings. The van der Waals surface area contributed by atoms with Gasteiger partial charge in [0.25, 0.3) is 11.5 Å². The number of piperidine rings is 1. The van der Waals surface area contributed by atoms with Crippen molar-refractivity contribution in [1.29, 1.82) is 0 Å². The fraction of sp³-hybridized carbons (Fsp3) is 0.316. The van der Waals surface area contributed by atoms with E-state index in [9.17, 15) is 19.5 Å². The summed E-state index contributed by atoms with van der Waals surface area (Å²) >= 11 is 6.15. The molecule has 0 unspecified atom stereocenters. The Morgan fingerprint density at radius 2 is 1.92 bits per heavy atom. The molecule has 1 amide bonds. The molecule has 136 valence electrons. The number of carbonyl (C=O) groups is 2. The maximum Gasteiger partial charge on any atom is 0.326 e. The highest BCUT2D eigenvalue weighted by atomic mass is 35.5. The molecule has 2 heterocycles. The summed E-state index contributed by atoms with van der Waals surface area (Å²) in [7, 11) is 0. The number of hydrogen-bond donors (Lipinski definition) is 1. The van der Waals surface area contributed by atoms with E-state index in [0.29, 0.717) is 23.6 Å². The Kier molecular flexibility index (Phi) is 5.42. The molecule has 1 saturated heterocycles. The van der Waals surface area contributed by atoms with Gasteiger partial charge in [-0.05, 0) is 37.0 Å². The number of carboxylic acid groups (broad SMARTS) is 1. The van der Waals surface area contributed by atoms with Crippen molar-refractivity contribution in [3.05, 3.63) is 69.1 Å². The van der Waals surface area contributed by atoms with Crippen LogP contribution in [0.25, 0.3) is 0 Å². The highest BCUT2D eigenvalue weighted by molar-refractivity contribution is 6.31. The van der Waals surface area contributed by atoms with Gasteiger partial charge >= 0.3 is 5.97 Å². The van der Waals surface area contributed by atoms with E-state index < -0.39 is 12.0 Å². The lowest BCUT2D eigenvalue weighted by Gasteiger charge is -2.33. The Hall–Kier alpha value is -2.60. The van der Waals surface area contributed by atoms with Crippen molar-refractivity contribution in [2.45, 2.75) is 31.8 Å². The monoisotopic (exact) mass is 374 g/mol. The summed E-state index contributed by atoms with van der Waals surface area (Å²) < 4.78 is 1.41. The van der Waals surface area contributed by atoms with E-state index in [2.05, 4.69) is 0 Å². The van der Waals surface area contributed by atoms with Gasteiger partial charge in [0.15, 0.2) is 0 Å². The zero-order valence-corrected chi connectivity index (χ0v) is 14.9. The number of aliphatic carboxylic acids is 1. The van der Waals surface area contributed by atoms with Gasteiger partial charge in [0.1, 0.15) is 6.04 Å². The molecule has 1 atom stereocenters. The molecule has 2 aromatic rings. The normalized spacial score (nSPS) is 17.1. The summed E-state index contributed by atoms with van der Waals surface area (Å²) in [5, 5.41) is 9.90. The minimum Gasteiger partial charge on any atom is -0.480 e. The van der Waals surface area contributed by atoms with Gasteiger partial charge in [0, 0.05) is 23.8 Å². The number of carboxylic acids is 1. The number of pyridine rings is 1. The molecule has 1 aliphatic heterocycles. The number of halogens is 1. The molecule has 3 rings (SSSR count). The third-order valence-corrected chi connectivity index (χ3v) is 4.95. The molecule has 0 bridgehead atoms. The van der Waals surface area contributed by atoms with Gasteiger partial charge in [-0.15, -0.1) is 0 Å². The molecule has 1 N–H and O–H groups in total. The first-order chi connectivity index (χ1) is 12.5. The van der Waals surface area contributed by atoms with Gasteiger partial charge in [-0.1, -0.05) is 29.8 Å².